The third kappa shape index (κ3) is 2.87. The zero-order valence-electron chi connectivity index (χ0n) is 16.1. The van der Waals surface area contributed by atoms with E-state index < -0.39 is 11.7 Å². The molecular weight excluding hydrogens is 363 g/mol. The molecule has 0 saturated heterocycles. The van der Waals surface area contributed by atoms with Crippen LogP contribution in [0.3, 0.4) is 0 Å². The van der Waals surface area contributed by atoms with Crippen LogP contribution in [-0.4, -0.2) is 11.6 Å². The maximum Gasteiger partial charge on any atom is 0.274 e. The second-order valence-electron chi connectivity index (χ2n) is 7.80. The number of halogens is 1. The van der Waals surface area contributed by atoms with Gasteiger partial charge in [0.15, 0.2) is 0 Å². The van der Waals surface area contributed by atoms with Gasteiger partial charge in [0.1, 0.15) is 5.82 Å². The Labute approximate surface area is 169 Å². The van der Waals surface area contributed by atoms with Gasteiger partial charge in [0.25, 0.3) is 5.91 Å². The molecule has 1 unspecified atom stereocenters. The molecule has 6 rings (SSSR count). The third-order valence-corrected chi connectivity index (χ3v) is 6.29. The van der Waals surface area contributed by atoms with Gasteiger partial charge in [-0.25, -0.2) is 9.82 Å². The molecule has 0 aromatic heterocycles. The number of carbonyl (C=O) groups excluding carboxylic acids is 1. The first-order valence-corrected chi connectivity index (χ1v) is 9.92. The fraction of sp³-hybridized carbons (Fsp3) is 0.200. The predicted molar refractivity (Wildman–Crippen MR) is 112 cm³/mol. The van der Waals surface area contributed by atoms with Gasteiger partial charge in [-0.3, -0.25) is 4.79 Å². The molecule has 0 aliphatic heterocycles. The molecule has 0 radical (unpaired) electrons. The topological polar surface area (TPSA) is 41.5 Å². The summed E-state index contributed by atoms with van der Waals surface area (Å²) in [5.74, 6) is -0.307. The van der Waals surface area contributed by atoms with Crippen LogP contribution in [0.15, 0.2) is 77.9 Å². The van der Waals surface area contributed by atoms with Crippen LogP contribution in [0.1, 0.15) is 57.8 Å². The lowest BCUT2D eigenvalue weighted by atomic mass is 9.58. The molecule has 3 aromatic carbocycles. The Balaban J connectivity index is 1.47. The van der Waals surface area contributed by atoms with Crippen molar-refractivity contribution in [2.45, 2.75) is 25.2 Å². The Kier molecular flexibility index (Phi) is 4.27. The highest BCUT2D eigenvalue weighted by atomic mass is 19.1. The summed E-state index contributed by atoms with van der Waals surface area (Å²) in [6.07, 6.45) is 0.962. The van der Waals surface area contributed by atoms with Crippen molar-refractivity contribution in [1.29, 1.82) is 0 Å². The van der Waals surface area contributed by atoms with Crippen molar-refractivity contribution in [3.63, 3.8) is 0 Å². The first-order valence-electron chi connectivity index (χ1n) is 9.92. The predicted octanol–water partition coefficient (Wildman–Crippen LogP) is 5.23. The number of amides is 1. The number of rotatable bonds is 3. The van der Waals surface area contributed by atoms with Gasteiger partial charge in [0.05, 0.1) is 5.56 Å². The van der Waals surface area contributed by atoms with E-state index in [1.807, 2.05) is 6.92 Å². The lowest BCUT2D eigenvalue weighted by Crippen LogP contribution is -2.36. The number of benzene rings is 3. The van der Waals surface area contributed by atoms with Gasteiger partial charge in [0.2, 0.25) is 0 Å². The molecule has 3 aliphatic carbocycles. The van der Waals surface area contributed by atoms with Gasteiger partial charge >= 0.3 is 0 Å². The summed E-state index contributed by atoms with van der Waals surface area (Å²) in [5, 5.41) is 4.38. The van der Waals surface area contributed by atoms with Gasteiger partial charge < -0.3 is 0 Å². The summed E-state index contributed by atoms with van der Waals surface area (Å²) in [4.78, 5) is 12.4. The first-order chi connectivity index (χ1) is 14.1. The van der Waals surface area contributed by atoms with Crippen molar-refractivity contribution in [1.82, 2.24) is 5.43 Å². The second kappa shape index (κ2) is 6.96. The molecule has 1 atom stereocenters. The zero-order valence-corrected chi connectivity index (χ0v) is 16.1. The van der Waals surface area contributed by atoms with Crippen LogP contribution in [0.2, 0.25) is 0 Å². The maximum absolute atomic E-state index is 13.9. The Hall–Kier alpha value is -3.27. The fourth-order valence-corrected chi connectivity index (χ4v) is 4.97. The highest BCUT2D eigenvalue weighted by Crippen LogP contribution is 2.55. The molecular formula is C25H21FN2O. The van der Waals surface area contributed by atoms with Crippen LogP contribution in [0.5, 0.6) is 0 Å². The number of fused-ring (bicyclic) bond motifs is 1. The van der Waals surface area contributed by atoms with Crippen molar-refractivity contribution in [3.05, 3.63) is 106 Å². The Morgan fingerprint density at radius 3 is 2.07 bits per heavy atom. The standard InChI is InChI=1S/C25H21FN2O/c1-15(27-28-25(29)20-12-6-7-13-23(20)26)21-14-22-16-8-2-4-10-18(16)24(21)19-11-5-3-9-17(19)22/h2-13,21-22,24H,14H2,1H3,(H,28,29)/b27-15+. The third-order valence-electron chi connectivity index (χ3n) is 6.29. The molecule has 4 heteroatoms. The van der Waals surface area contributed by atoms with Crippen molar-refractivity contribution < 1.29 is 9.18 Å². The van der Waals surface area contributed by atoms with E-state index in [4.69, 9.17) is 0 Å². The van der Waals surface area contributed by atoms with Crippen LogP contribution in [-0.2, 0) is 0 Å². The molecule has 2 bridgehead atoms. The maximum atomic E-state index is 13.9. The monoisotopic (exact) mass is 384 g/mol. The van der Waals surface area contributed by atoms with E-state index in [1.54, 1.807) is 12.1 Å². The highest BCUT2D eigenvalue weighted by Gasteiger charge is 2.44. The van der Waals surface area contributed by atoms with Crippen LogP contribution >= 0.6 is 0 Å². The van der Waals surface area contributed by atoms with Crippen molar-refractivity contribution in [2.75, 3.05) is 0 Å². The van der Waals surface area contributed by atoms with Crippen molar-refractivity contribution >= 4 is 11.6 Å². The minimum atomic E-state index is -0.544. The lowest BCUT2D eigenvalue weighted by Gasteiger charge is -2.45. The fourth-order valence-electron chi connectivity index (χ4n) is 4.97. The van der Waals surface area contributed by atoms with Crippen molar-refractivity contribution in [3.8, 4) is 0 Å². The van der Waals surface area contributed by atoms with E-state index in [0.29, 0.717) is 5.92 Å². The molecule has 1 N–H and O–H groups in total. The molecule has 0 saturated carbocycles. The first kappa shape index (κ1) is 17.8. The number of hydrazone groups is 1. The van der Waals surface area contributed by atoms with E-state index in [9.17, 15) is 9.18 Å². The summed E-state index contributed by atoms with van der Waals surface area (Å²) in [5.41, 5.74) is 8.92. The summed E-state index contributed by atoms with van der Waals surface area (Å²) in [7, 11) is 0. The Morgan fingerprint density at radius 2 is 1.45 bits per heavy atom. The molecule has 0 fully saturated rings. The summed E-state index contributed by atoms with van der Waals surface area (Å²) in [6.45, 7) is 1.96. The molecule has 3 aliphatic rings. The number of nitrogens with zero attached hydrogens (tertiary/aromatic N) is 1. The molecule has 144 valence electrons. The van der Waals surface area contributed by atoms with Crippen LogP contribution in [0, 0.1) is 11.7 Å². The minimum absolute atomic E-state index is 0.00454. The Bertz CT molecular complexity index is 1090. The largest absolute Gasteiger partial charge is 0.274 e. The molecule has 0 heterocycles. The van der Waals surface area contributed by atoms with Crippen LogP contribution < -0.4 is 5.43 Å². The molecule has 0 spiro atoms. The van der Waals surface area contributed by atoms with E-state index in [2.05, 4.69) is 59.1 Å². The summed E-state index contributed by atoms with van der Waals surface area (Å²) in [6, 6.07) is 23.2. The van der Waals surface area contributed by atoms with Crippen LogP contribution in [0.4, 0.5) is 4.39 Å². The van der Waals surface area contributed by atoms with Gasteiger partial charge in [0, 0.05) is 23.5 Å². The SMILES string of the molecule is C/C(=N\NC(=O)c1ccccc1F)C1CC2c3ccccc3C1c1ccccc12. The quantitative estimate of drug-likeness (QED) is 0.488. The summed E-state index contributed by atoms with van der Waals surface area (Å²) >= 11 is 0. The normalized spacial score (nSPS) is 22.0. The molecule has 3 nitrogen and oxygen atoms in total. The smallest absolute Gasteiger partial charge is 0.267 e. The summed E-state index contributed by atoms with van der Waals surface area (Å²) < 4.78 is 13.9. The highest BCUT2D eigenvalue weighted by molar-refractivity contribution is 5.96. The molecule has 29 heavy (non-hydrogen) atoms. The van der Waals surface area contributed by atoms with E-state index >= 15 is 0 Å². The number of hydrogen-bond acceptors (Lipinski definition) is 2. The van der Waals surface area contributed by atoms with Crippen LogP contribution in [0.25, 0.3) is 0 Å². The molecule has 1 amide bonds. The van der Waals surface area contributed by atoms with Gasteiger partial charge in [-0.15, -0.1) is 0 Å². The van der Waals surface area contributed by atoms with Gasteiger partial charge in [-0.1, -0.05) is 60.7 Å². The van der Waals surface area contributed by atoms with E-state index in [1.165, 1.54) is 34.4 Å². The van der Waals surface area contributed by atoms with E-state index in [0.717, 1.165) is 12.1 Å². The Morgan fingerprint density at radius 1 is 0.897 bits per heavy atom. The number of nitrogens with one attached hydrogen (secondary N) is 1. The average molecular weight is 384 g/mol. The van der Waals surface area contributed by atoms with E-state index in [-0.39, 0.29) is 17.4 Å². The lowest BCUT2D eigenvalue weighted by molar-refractivity contribution is 0.0950. The van der Waals surface area contributed by atoms with Gasteiger partial charge in [-0.05, 0) is 47.7 Å². The van der Waals surface area contributed by atoms with Crippen molar-refractivity contribution in [2.24, 2.45) is 11.0 Å². The number of hydrogen-bond donors (Lipinski definition) is 1. The van der Waals surface area contributed by atoms with Gasteiger partial charge in [-0.2, -0.15) is 5.10 Å². The minimum Gasteiger partial charge on any atom is -0.267 e. The zero-order chi connectivity index (χ0) is 20.0. The molecule has 3 aromatic rings. The second-order valence-corrected chi connectivity index (χ2v) is 7.80. The number of carbonyl (C=O) groups is 1. The average Bonchev–Trinajstić information content (AvgIpc) is 2.77.